The summed E-state index contributed by atoms with van der Waals surface area (Å²) in [5.41, 5.74) is 5.13. The van der Waals surface area contributed by atoms with Gasteiger partial charge in [-0.05, 0) is 49.4 Å². The number of pyridine rings is 1. The lowest BCUT2D eigenvalue weighted by molar-refractivity contribution is -0.139. The Morgan fingerprint density at radius 1 is 1.23 bits per heavy atom. The second-order valence-electron chi connectivity index (χ2n) is 9.52. The largest absolute Gasteiger partial charge is 0.481 e. The van der Waals surface area contributed by atoms with Gasteiger partial charge in [0.1, 0.15) is 5.82 Å². The van der Waals surface area contributed by atoms with Gasteiger partial charge in [0, 0.05) is 47.8 Å². The molecule has 2 aliphatic carbocycles. The number of aromatic nitrogens is 1. The molecule has 35 heavy (non-hydrogen) atoms. The number of methoxy groups -OCH3 is 1. The molecule has 8 heteroatoms. The number of carboxylic acids is 1. The molecule has 1 aromatic heterocycles. The summed E-state index contributed by atoms with van der Waals surface area (Å²) >= 11 is 6.55. The van der Waals surface area contributed by atoms with Crippen molar-refractivity contribution in [1.82, 2.24) is 4.98 Å². The van der Waals surface area contributed by atoms with Crippen LogP contribution in [0.3, 0.4) is 0 Å². The molecule has 0 saturated heterocycles. The van der Waals surface area contributed by atoms with Crippen molar-refractivity contribution < 1.29 is 29.2 Å². The molecule has 2 saturated carbocycles. The van der Waals surface area contributed by atoms with E-state index in [0.29, 0.717) is 18.1 Å². The molecule has 0 aliphatic heterocycles. The van der Waals surface area contributed by atoms with Crippen LogP contribution in [0, 0.1) is 5.82 Å². The molecular formula is C27H31ClFNO5. The molecule has 6 nitrogen and oxygen atoms in total. The highest BCUT2D eigenvalue weighted by atomic mass is 35.5. The summed E-state index contributed by atoms with van der Waals surface area (Å²) in [6.07, 6.45) is 5.85. The smallest absolute Gasteiger partial charge is 0.305 e. The Bertz CT molecular complexity index is 1110. The summed E-state index contributed by atoms with van der Waals surface area (Å²) in [5.74, 6) is -0.927. The minimum atomic E-state index is -1.16. The van der Waals surface area contributed by atoms with Gasteiger partial charge in [-0.2, -0.15) is 0 Å². The van der Waals surface area contributed by atoms with E-state index >= 15 is 0 Å². The van der Waals surface area contributed by atoms with Gasteiger partial charge >= 0.3 is 5.97 Å². The Morgan fingerprint density at radius 3 is 2.51 bits per heavy atom. The number of aliphatic carboxylic acids is 1. The predicted molar refractivity (Wildman–Crippen MR) is 132 cm³/mol. The average Bonchev–Trinajstić information content (AvgIpc) is 3.57. The molecule has 0 amide bonds. The minimum absolute atomic E-state index is 0.104. The summed E-state index contributed by atoms with van der Waals surface area (Å²) in [7, 11) is 1.62. The van der Waals surface area contributed by atoms with Crippen molar-refractivity contribution in [3.8, 4) is 11.1 Å². The van der Waals surface area contributed by atoms with Crippen molar-refractivity contribution in [2.24, 2.45) is 0 Å². The highest BCUT2D eigenvalue weighted by molar-refractivity contribution is 6.33. The Labute approximate surface area is 209 Å². The number of rotatable bonds is 11. The molecule has 0 spiro atoms. The lowest BCUT2D eigenvalue weighted by Crippen LogP contribution is -2.19. The highest BCUT2D eigenvalue weighted by Gasteiger charge is 2.34. The Balaban J connectivity index is 1.85. The van der Waals surface area contributed by atoms with E-state index in [1.54, 1.807) is 25.3 Å². The molecule has 0 bridgehead atoms. The molecule has 1 aromatic carbocycles. The van der Waals surface area contributed by atoms with Gasteiger partial charge in [-0.3, -0.25) is 9.78 Å². The Morgan fingerprint density at radius 2 is 1.94 bits per heavy atom. The molecule has 2 aromatic rings. The van der Waals surface area contributed by atoms with Gasteiger partial charge in [-0.25, -0.2) is 4.39 Å². The van der Waals surface area contributed by atoms with Crippen LogP contribution in [0.4, 0.5) is 4.39 Å². The monoisotopic (exact) mass is 503 g/mol. The fourth-order valence-corrected chi connectivity index (χ4v) is 4.93. The van der Waals surface area contributed by atoms with Crippen LogP contribution in [-0.4, -0.2) is 45.6 Å². The summed E-state index contributed by atoms with van der Waals surface area (Å²) in [6, 6.07) is 4.33. The van der Waals surface area contributed by atoms with Gasteiger partial charge in [0.25, 0.3) is 0 Å². The van der Waals surface area contributed by atoms with Crippen molar-refractivity contribution in [2.75, 3.05) is 7.11 Å². The molecule has 2 aliphatic rings. The molecular weight excluding hydrogens is 473 g/mol. The van der Waals surface area contributed by atoms with E-state index < -0.39 is 30.4 Å². The summed E-state index contributed by atoms with van der Waals surface area (Å²) in [5, 5.41) is 29.6. The normalized spacial score (nSPS) is 18.0. The number of hydrogen-bond acceptors (Lipinski definition) is 5. The van der Waals surface area contributed by atoms with E-state index in [1.165, 1.54) is 12.1 Å². The maximum absolute atomic E-state index is 13.9. The Hall–Kier alpha value is -2.32. The van der Waals surface area contributed by atoms with Crippen LogP contribution >= 0.6 is 11.6 Å². The standard InChI is InChI=1S/C27H31ClFNO5/c1-35-14-22-25(20-9-7-17(29)11-23(20)28)21(10-8-18(31)12-19(32)13-24(33)34)26(16-5-6-16)30-27(22)15-3-2-4-15/h7-11,15-16,18-19,31-32H,2-6,12-14H2,1H3,(H,33,34)/b10-8+/t18-,19-/m1/s1. The van der Waals surface area contributed by atoms with Crippen LogP contribution in [0.15, 0.2) is 24.3 Å². The number of aliphatic hydroxyl groups is 2. The first-order valence-corrected chi connectivity index (χ1v) is 12.4. The summed E-state index contributed by atoms with van der Waals surface area (Å²) in [4.78, 5) is 16.0. The van der Waals surface area contributed by atoms with Crippen LogP contribution in [0.1, 0.15) is 79.3 Å². The van der Waals surface area contributed by atoms with Gasteiger partial charge in [0.15, 0.2) is 0 Å². The molecule has 0 unspecified atom stereocenters. The molecule has 4 rings (SSSR count). The van der Waals surface area contributed by atoms with Gasteiger partial charge < -0.3 is 20.1 Å². The van der Waals surface area contributed by atoms with Crippen LogP contribution in [-0.2, 0) is 16.1 Å². The molecule has 3 N–H and O–H groups in total. The van der Waals surface area contributed by atoms with Gasteiger partial charge in [0.2, 0.25) is 0 Å². The molecule has 1 heterocycles. The third kappa shape index (κ3) is 6.09. The van der Waals surface area contributed by atoms with E-state index in [-0.39, 0.29) is 17.4 Å². The lowest BCUT2D eigenvalue weighted by atomic mass is 9.78. The zero-order valence-corrected chi connectivity index (χ0v) is 20.5. The number of aliphatic hydroxyl groups excluding tert-OH is 2. The number of nitrogens with zero attached hydrogens (tertiary/aromatic N) is 1. The molecule has 188 valence electrons. The number of carboxylic acid groups (broad SMARTS) is 1. The zero-order valence-electron chi connectivity index (χ0n) is 19.7. The summed E-state index contributed by atoms with van der Waals surface area (Å²) < 4.78 is 19.5. The van der Waals surface area contributed by atoms with Crippen molar-refractivity contribution >= 4 is 23.6 Å². The van der Waals surface area contributed by atoms with Gasteiger partial charge in [-0.15, -0.1) is 0 Å². The Kier molecular flexibility index (Phi) is 8.22. The maximum atomic E-state index is 13.9. The number of ether oxygens (including phenoxy) is 1. The third-order valence-corrected chi connectivity index (χ3v) is 7.06. The first-order chi connectivity index (χ1) is 16.8. The number of halogens is 2. The van der Waals surface area contributed by atoms with E-state index in [1.807, 2.05) is 0 Å². The van der Waals surface area contributed by atoms with Crippen LogP contribution in [0.25, 0.3) is 17.2 Å². The van der Waals surface area contributed by atoms with Crippen molar-refractivity contribution in [1.29, 1.82) is 0 Å². The van der Waals surface area contributed by atoms with E-state index in [9.17, 15) is 19.4 Å². The predicted octanol–water partition coefficient (Wildman–Crippen LogP) is 5.43. The number of carbonyl (C=O) groups is 1. The third-order valence-electron chi connectivity index (χ3n) is 6.75. The SMILES string of the molecule is COCc1c(C2CCC2)nc(C2CC2)c(/C=C/[C@@H](O)C[C@@H](O)CC(=O)O)c1-c1ccc(F)cc1Cl. The average molecular weight is 504 g/mol. The quantitative estimate of drug-likeness (QED) is 0.378. The topological polar surface area (TPSA) is 99.9 Å². The van der Waals surface area contributed by atoms with Crippen molar-refractivity contribution in [3.05, 3.63) is 57.6 Å². The fraction of sp³-hybridized carbons (Fsp3) is 0.481. The van der Waals surface area contributed by atoms with Crippen molar-refractivity contribution in [2.45, 2.75) is 75.6 Å². The van der Waals surface area contributed by atoms with Gasteiger partial charge in [0.05, 0.1) is 36.0 Å². The summed E-state index contributed by atoms with van der Waals surface area (Å²) in [6.45, 7) is 0.313. The van der Waals surface area contributed by atoms with E-state index in [0.717, 1.165) is 60.2 Å². The number of benzene rings is 1. The number of hydrogen-bond donors (Lipinski definition) is 3. The first kappa shape index (κ1) is 25.8. The molecule has 2 atom stereocenters. The van der Waals surface area contributed by atoms with Gasteiger partial charge in [-0.1, -0.05) is 30.2 Å². The fourth-order valence-electron chi connectivity index (χ4n) is 4.67. The molecule has 0 radical (unpaired) electrons. The first-order valence-electron chi connectivity index (χ1n) is 12.1. The lowest BCUT2D eigenvalue weighted by Gasteiger charge is -2.30. The van der Waals surface area contributed by atoms with E-state index in [2.05, 4.69) is 0 Å². The van der Waals surface area contributed by atoms with Crippen LogP contribution in [0.2, 0.25) is 5.02 Å². The maximum Gasteiger partial charge on any atom is 0.305 e. The van der Waals surface area contributed by atoms with E-state index in [4.69, 9.17) is 26.4 Å². The van der Waals surface area contributed by atoms with Crippen LogP contribution < -0.4 is 0 Å². The second-order valence-corrected chi connectivity index (χ2v) is 9.93. The zero-order chi connectivity index (χ0) is 25.1. The second kappa shape index (κ2) is 11.2. The van der Waals surface area contributed by atoms with Crippen molar-refractivity contribution in [3.63, 3.8) is 0 Å². The highest BCUT2D eigenvalue weighted by Crippen LogP contribution is 2.49. The minimum Gasteiger partial charge on any atom is -0.481 e. The molecule has 2 fully saturated rings. The van der Waals surface area contributed by atoms with Crippen LogP contribution in [0.5, 0.6) is 0 Å².